The number of benzene rings is 1. The lowest BCUT2D eigenvalue weighted by Crippen LogP contribution is -2.44. The standard InChI is InChI=1S/C15H19F2NO5/c1-15(2,3)23-14(21)18-11(13(19)20)6-8-5-9(16)7-10(17)12(8)22-4/h5,7,11H,6H2,1-4H3,(H,18,21)(H,19,20). The first-order chi connectivity index (χ1) is 10.5. The summed E-state index contributed by atoms with van der Waals surface area (Å²) in [5, 5.41) is 11.3. The van der Waals surface area contributed by atoms with Gasteiger partial charge in [0.05, 0.1) is 7.11 Å². The van der Waals surface area contributed by atoms with Gasteiger partial charge in [0.1, 0.15) is 17.5 Å². The molecule has 1 atom stereocenters. The van der Waals surface area contributed by atoms with Gasteiger partial charge in [-0.15, -0.1) is 0 Å². The Kier molecular flexibility index (Phi) is 5.89. The second-order valence-electron chi connectivity index (χ2n) is 5.82. The summed E-state index contributed by atoms with van der Waals surface area (Å²) in [6.07, 6.45) is -1.31. The second-order valence-corrected chi connectivity index (χ2v) is 5.82. The highest BCUT2D eigenvalue weighted by Crippen LogP contribution is 2.25. The Morgan fingerprint density at radius 3 is 2.39 bits per heavy atom. The van der Waals surface area contributed by atoms with Gasteiger partial charge in [0.2, 0.25) is 0 Å². The van der Waals surface area contributed by atoms with Gasteiger partial charge in [-0.3, -0.25) is 0 Å². The first-order valence-corrected chi connectivity index (χ1v) is 6.77. The summed E-state index contributed by atoms with van der Waals surface area (Å²) in [5.74, 6) is -3.48. The number of hydrogen-bond donors (Lipinski definition) is 2. The van der Waals surface area contributed by atoms with Crippen molar-refractivity contribution in [3.63, 3.8) is 0 Å². The first kappa shape index (κ1) is 18.7. The fourth-order valence-electron chi connectivity index (χ4n) is 1.86. The Labute approximate surface area is 132 Å². The van der Waals surface area contributed by atoms with Gasteiger partial charge in [0.25, 0.3) is 0 Å². The highest BCUT2D eigenvalue weighted by atomic mass is 19.1. The van der Waals surface area contributed by atoms with Gasteiger partial charge in [-0.1, -0.05) is 0 Å². The zero-order chi connectivity index (χ0) is 17.8. The molecule has 23 heavy (non-hydrogen) atoms. The number of amides is 1. The Hall–Kier alpha value is -2.38. The molecule has 2 N–H and O–H groups in total. The van der Waals surface area contributed by atoms with Crippen molar-refractivity contribution in [1.82, 2.24) is 5.32 Å². The molecule has 0 aliphatic carbocycles. The van der Waals surface area contributed by atoms with Crippen LogP contribution in [0.15, 0.2) is 12.1 Å². The third-order valence-electron chi connectivity index (χ3n) is 2.70. The van der Waals surface area contributed by atoms with Crippen molar-refractivity contribution >= 4 is 12.1 Å². The van der Waals surface area contributed by atoms with Gasteiger partial charge >= 0.3 is 12.1 Å². The molecular weight excluding hydrogens is 312 g/mol. The maximum atomic E-state index is 13.6. The van der Waals surface area contributed by atoms with Gasteiger partial charge in [-0.05, 0) is 26.8 Å². The van der Waals surface area contributed by atoms with E-state index in [0.29, 0.717) is 6.07 Å². The van der Waals surface area contributed by atoms with Crippen LogP contribution in [0, 0.1) is 11.6 Å². The smallest absolute Gasteiger partial charge is 0.408 e. The average molecular weight is 331 g/mol. The van der Waals surface area contributed by atoms with E-state index in [1.807, 2.05) is 0 Å². The minimum Gasteiger partial charge on any atom is -0.493 e. The van der Waals surface area contributed by atoms with Crippen LogP contribution >= 0.6 is 0 Å². The number of aliphatic carboxylic acids is 1. The van der Waals surface area contributed by atoms with E-state index in [0.717, 1.165) is 6.07 Å². The summed E-state index contributed by atoms with van der Waals surface area (Å²) in [7, 11) is 1.18. The summed E-state index contributed by atoms with van der Waals surface area (Å²) in [4.78, 5) is 23.0. The molecule has 0 spiro atoms. The number of ether oxygens (including phenoxy) is 2. The van der Waals surface area contributed by atoms with E-state index in [1.54, 1.807) is 20.8 Å². The van der Waals surface area contributed by atoms with Crippen LogP contribution in [0.5, 0.6) is 5.75 Å². The molecule has 0 saturated carbocycles. The zero-order valence-corrected chi connectivity index (χ0v) is 13.3. The lowest BCUT2D eigenvalue weighted by Gasteiger charge is -2.22. The van der Waals surface area contributed by atoms with Gasteiger partial charge < -0.3 is 19.9 Å². The molecule has 0 fully saturated rings. The van der Waals surface area contributed by atoms with Crippen LogP contribution in [-0.2, 0) is 16.0 Å². The van der Waals surface area contributed by atoms with Crippen LogP contribution in [0.3, 0.4) is 0 Å². The number of carboxylic acids is 1. The lowest BCUT2D eigenvalue weighted by atomic mass is 10.0. The predicted octanol–water partition coefficient (Wildman–Crippen LogP) is 2.49. The fraction of sp³-hybridized carbons (Fsp3) is 0.467. The molecule has 0 aliphatic rings. The van der Waals surface area contributed by atoms with E-state index in [9.17, 15) is 23.5 Å². The second kappa shape index (κ2) is 7.26. The Morgan fingerprint density at radius 1 is 1.30 bits per heavy atom. The molecule has 1 amide bonds. The zero-order valence-electron chi connectivity index (χ0n) is 13.3. The molecule has 0 aliphatic heterocycles. The van der Waals surface area contributed by atoms with E-state index < -0.39 is 35.3 Å². The number of halogens is 2. The van der Waals surface area contributed by atoms with Gasteiger partial charge in [-0.2, -0.15) is 0 Å². The third-order valence-corrected chi connectivity index (χ3v) is 2.70. The predicted molar refractivity (Wildman–Crippen MR) is 77.4 cm³/mol. The van der Waals surface area contributed by atoms with Crippen molar-refractivity contribution in [2.24, 2.45) is 0 Å². The fourth-order valence-corrected chi connectivity index (χ4v) is 1.86. The summed E-state index contributed by atoms with van der Waals surface area (Å²) in [6.45, 7) is 4.86. The van der Waals surface area contributed by atoms with Gasteiger partial charge in [0, 0.05) is 18.1 Å². The van der Waals surface area contributed by atoms with Crippen molar-refractivity contribution < 1.29 is 33.0 Å². The minimum absolute atomic E-state index is 0.0199. The normalized spacial score (nSPS) is 12.4. The third kappa shape index (κ3) is 5.72. The van der Waals surface area contributed by atoms with Crippen molar-refractivity contribution in [1.29, 1.82) is 0 Å². The molecule has 1 aromatic rings. The summed E-state index contributed by atoms with van der Waals surface area (Å²) >= 11 is 0. The van der Waals surface area contributed by atoms with E-state index >= 15 is 0 Å². The highest BCUT2D eigenvalue weighted by molar-refractivity contribution is 5.80. The Balaban J connectivity index is 2.97. The quantitative estimate of drug-likeness (QED) is 0.866. The van der Waals surface area contributed by atoms with Crippen LogP contribution in [0.4, 0.5) is 13.6 Å². The molecule has 1 rings (SSSR count). The number of nitrogens with one attached hydrogen (secondary N) is 1. The Morgan fingerprint density at radius 2 is 1.91 bits per heavy atom. The number of alkyl carbamates (subject to hydrolysis) is 1. The molecule has 0 radical (unpaired) electrons. The number of carbonyl (C=O) groups is 2. The van der Waals surface area contributed by atoms with Crippen LogP contribution in [-0.4, -0.2) is 35.9 Å². The summed E-state index contributed by atoms with van der Waals surface area (Å²) in [6, 6.07) is 0.147. The highest BCUT2D eigenvalue weighted by Gasteiger charge is 2.26. The van der Waals surface area contributed by atoms with Crippen LogP contribution in [0.25, 0.3) is 0 Å². The molecule has 1 aromatic carbocycles. The molecule has 0 heterocycles. The molecule has 1 unspecified atom stereocenters. The number of hydrogen-bond acceptors (Lipinski definition) is 4. The number of rotatable bonds is 5. The van der Waals surface area contributed by atoms with Gasteiger partial charge in [-0.25, -0.2) is 18.4 Å². The number of carbonyl (C=O) groups excluding carboxylic acids is 1. The van der Waals surface area contributed by atoms with Crippen LogP contribution in [0.2, 0.25) is 0 Å². The summed E-state index contributed by atoms with van der Waals surface area (Å²) < 4.78 is 36.7. The van der Waals surface area contributed by atoms with Crippen molar-refractivity contribution in [3.8, 4) is 5.75 Å². The average Bonchev–Trinajstić information content (AvgIpc) is 2.34. The van der Waals surface area contributed by atoms with Crippen molar-refractivity contribution in [3.05, 3.63) is 29.3 Å². The van der Waals surface area contributed by atoms with Crippen LogP contribution < -0.4 is 10.1 Å². The van der Waals surface area contributed by atoms with E-state index in [4.69, 9.17) is 9.47 Å². The molecule has 0 bridgehead atoms. The maximum absolute atomic E-state index is 13.6. The number of methoxy groups -OCH3 is 1. The maximum Gasteiger partial charge on any atom is 0.408 e. The largest absolute Gasteiger partial charge is 0.493 e. The lowest BCUT2D eigenvalue weighted by molar-refractivity contribution is -0.139. The SMILES string of the molecule is COc1c(F)cc(F)cc1CC(NC(=O)OC(C)(C)C)C(=O)O. The van der Waals surface area contributed by atoms with Crippen molar-refractivity contribution in [2.75, 3.05) is 7.11 Å². The molecule has 0 aromatic heterocycles. The Bertz CT molecular complexity index is 598. The molecule has 128 valence electrons. The van der Waals surface area contributed by atoms with E-state index in [1.165, 1.54) is 7.11 Å². The van der Waals surface area contributed by atoms with Crippen LogP contribution in [0.1, 0.15) is 26.3 Å². The molecule has 8 heteroatoms. The monoisotopic (exact) mass is 331 g/mol. The molecular formula is C15H19F2NO5. The van der Waals surface area contributed by atoms with Crippen molar-refractivity contribution in [2.45, 2.75) is 38.8 Å². The topological polar surface area (TPSA) is 84.9 Å². The summed E-state index contributed by atoms with van der Waals surface area (Å²) in [5.41, 5.74) is -0.830. The van der Waals surface area contributed by atoms with E-state index in [-0.39, 0.29) is 17.7 Å². The number of carboxylic acid groups (broad SMARTS) is 1. The van der Waals surface area contributed by atoms with E-state index in [2.05, 4.69) is 5.32 Å². The molecule has 6 nitrogen and oxygen atoms in total. The first-order valence-electron chi connectivity index (χ1n) is 6.77. The minimum atomic E-state index is -1.43. The molecule has 0 saturated heterocycles. The van der Waals surface area contributed by atoms with Gasteiger partial charge in [0.15, 0.2) is 11.6 Å².